The molecule has 10 N–H and O–H groups in total. The number of hydrogen-bond donors (Lipinski definition) is 8. The molecule has 0 radical (unpaired) electrons. The van der Waals surface area contributed by atoms with Crippen molar-refractivity contribution < 1.29 is 19.2 Å². The van der Waals surface area contributed by atoms with Crippen LogP contribution in [0.2, 0.25) is 0 Å². The summed E-state index contributed by atoms with van der Waals surface area (Å²) in [7, 11) is 0. The smallest absolute Gasteiger partial charge is 0.243 e. The molecule has 1 heterocycles. The van der Waals surface area contributed by atoms with Crippen LogP contribution in [0, 0.1) is 5.41 Å². The van der Waals surface area contributed by atoms with Crippen molar-refractivity contribution in [1.82, 2.24) is 26.3 Å². The van der Waals surface area contributed by atoms with Crippen LogP contribution in [0.4, 0.5) is 0 Å². The van der Waals surface area contributed by atoms with Gasteiger partial charge >= 0.3 is 0 Å². The first-order valence-corrected chi connectivity index (χ1v) is 16.5. The average molecular weight is 675 g/mol. The third-order valence-corrected chi connectivity index (χ3v) is 8.54. The Kier molecular flexibility index (Phi) is 11.8. The number of carbonyl (C=O) groups is 4. The number of fused-ring (bicyclic) bond motifs is 2. The van der Waals surface area contributed by atoms with Gasteiger partial charge in [-0.05, 0) is 46.4 Å². The lowest BCUT2D eigenvalue weighted by Crippen LogP contribution is -2.57. The number of nitrogens with one attached hydrogen (secondary N) is 6. The molecule has 0 saturated carbocycles. The molecule has 5 rings (SSSR count). The molecule has 0 aliphatic rings. The number of H-pyrrole nitrogens is 1. The summed E-state index contributed by atoms with van der Waals surface area (Å²) < 4.78 is 0. The van der Waals surface area contributed by atoms with Gasteiger partial charge in [-0.25, -0.2) is 0 Å². The van der Waals surface area contributed by atoms with Crippen LogP contribution < -0.4 is 32.7 Å². The van der Waals surface area contributed by atoms with Crippen LogP contribution in [0.25, 0.3) is 21.7 Å². The highest BCUT2D eigenvalue weighted by atomic mass is 16.2. The SMILES string of the molecule is N=C(N)NCCC[C@H](NC(=O)Cc1cccc2ccccc12)C(=O)N[C@@H](Cc1c[nH]c2ccccc12)C(=O)N[C@@H](Cc1ccccc1)C(N)=O. The van der Waals surface area contributed by atoms with Crippen LogP contribution in [0.15, 0.2) is 103 Å². The zero-order valence-electron chi connectivity index (χ0n) is 27.6. The fourth-order valence-corrected chi connectivity index (χ4v) is 6.01. The molecule has 0 unspecified atom stereocenters. The highest BCUT2D eigenvalue weighted by molar-refractivity contribution is 5.96. The standard InChI is InChI=1S/C38H42N8O4/c39-35(48)32(20-24-10-2-1-3-11-24)45-37(50)33(21-27-23-43-30-17-7-6-16-29(27)30)46-36(49)31(18-9-19-42-38(40)41)44-34(47)22-26-14-8-13-25-12-4-5-15-28(25)26/h1-8,10-17,23,31-33,43H,9,18-22H2,(H2,39,48)(H,44,47)(H,45,50)(H,46,49)(H4,40,41,42)/t31-,32-,33-/m0/s1. The van der Waals surface area contributed by atoms with Gasteiger partial charge in [0.2, 0.25) is 23.6 Å². The number of benzene rings is 4. The number of aromatic nitrogens is 1. The second-order valence-electron chi connectivity index (χ2n) is 12.2. The minimum atomic E-state index is -1.12. The van der Waals surface area contributed by atoms with Crippen LogP contribution in [-0.4, -0.2) is 59.2 Å². The molecule has 258 valence electrons. The lowest BCUT2D eigenvalue weighted by atomic mass is 10.0. The summed E-state index contributed by atoms with van der Waals surface area (Å²) in [4.78, 5) is 57.0. The first-order chi connectivity index (χ1) is 24.2. The molecule has 0 aliphatic carbocycles. The fourth-order valence-electron chi connectivity index (χ4n) is 6.01. The topological polar surface area (TPSA) is 208 Å². The fraction of sp³-hybridized carbons (Fsp3) is 0.237. The van der Waals surface area contributed by atoms with Gasteiger partial charge in [0.05, 0.1) is 6.42 Å². The van der Waals surface area contributed by atoms with Crippen molar-refractivity contribution in [1.29, 1.82) is 5.41 Å². The van der Waals surface area contributed by atoms with Crippen molar-refractivity contribution in [2.24, 2.45) is 11.5 Å². The predicted octanol–water partition coefficient (Wildman–Crippen LogP) is 2.55. The molecule has 12 nitrogen and oxygen atoms in total. The Hall–Kier alpha value is -6.17. The highest BCUT2D eigenvalue weighted by Gasteiger charge is 2.30. The zero-order chi connectivity index (χ0) is 35.5. The lowest BCUT2D eigenvalue weighted by molar-refractivity contribution is -0.133. The van der Waals surface area contributed by atoms with E-state index in [1.54, 1.807) is 6.20 Å². The molecule has 4 aromatic carbocycles. The van der Waals surface area contributed by atoms with Crippen LogP contribution in [0.3, 0.4) is 0 Å². The molecule has 0 aliphatic heterocycles. The van der Waals surface area contributed by atoms with Gasteiger partial charge in [-0.2, -0.15) is 0 Å². The summed E-state index contributed by atoms with van der Waals surface area (Å²) in [6, 6.07) is 27.1. The third kappa shape index (κ3) is 9.47. The van der Waals surface area contributed by atoms with Crippen molar-refractivity contribution >= 4 is 51.3 Å². The van der Waals surface area contributed by atoms with Gasteiger partial charge in [0, 0.05) is 36.5 Å². The van der Waals surface area contributed by atoms with Crippen LogP contribution in [-0.2, 0) is 38.4 Å². The Balaban J connectivity index is 1.37. The van der Waals surface area contributed by atoms with Gasteiger partial charge < -0.3 is 37.7 Å². The van der Waals surface area contributed by atoms with Crippen molar-refractivity contribution in [2.45, 2.75) is 50.2 Å². The molecule has 50 heavy (non-hydrogen) atoms. The Bertz CT molecular complexity index is 1970. The maximum absolute atomic E-state index is 14.0. The van der Waals surface area contributed by atoms with E-state index in [-0.39, 0.29) is 37.6 Å². The van der Waals surface area contributed by atoms with E-state index in [2.05, 4.69) is 26.3 Å². The first-order valence-electron chi connectivity index (χ1n) is 16.5. The van der Waals surface area contributed by atoms with E-state index in [0.717, 1.165) is 38.4 Å². The number of carbonyl (C=O) groups excluding carboxylic acids is 4. The Labute approximate surface area is 289 Å². The van der Waals surface area contributed by atoms with E-state index >= 15 is 0 Å². The summed E-state index contributed by atoms with van der Waals surface area (Å²) in [6.07, 6.45) is 2.69. The third-order valence-electron chi connectivity index (χ3n) is 8.54. The Morgan fingerprint density at radius 1 is 0.680 bits per heavy atom. The normalized spacial score (nSPS) is 12.8. The minimum Gasteiger partial charge on any atom is -0.370 e. The van der Waals surface area contributed by atoms with Gasteiger partial charge in [-0.3, -0.25) is 24.6 Å². The second-order valence-corrected chi connectivity index (χ2v) is 12.2. The van der Waals surface area contributed by atoms with Crippen molar-refractivity contribution in [3.63, 3.8) is 0 Å². The highest BCUT2D eigenvalue weighted by Crippen LogP contribution is 2.21. The molecule has 12 heteroatoms. The molecule has 1 aromatic heterocycles. The second kappa shape index (κ2) is 16.8. The van der Waals surface area contributed by atoms with Gasteiger partial charge in [0.1, 0.15) is 18.1 Å². The van der Waals surface area contributed by atoms with Crippen molar-refractivity contribution in [2.75, 3.05) is 6.54 Å². The number of hydrogen-bond acceptors (Lipinski definition) is 5. The Morgan fingerprint density at radius 2 is 1.34 bits per heavy atom. The van der Waals surface area contributed by atoms with Gasteiger partial charge in [-0.1, -0.05) is 91.0 Å². The molecule has 0 spiro atoms. The number of amides is 4. The summed E-state index contributed by atoms with van der Waals surface area (Å²) in [5.41, 5.74) is 14.4. The molecule has 5 aromatic rings. The van der Waals surface area contributed by atoms with Gasteiger partial charge in [0.15, 0.2) is 5.96 Å². The lowest BCUT2D eigenvalue weighted by Gasteiger charge is -2.25. The van der Waals surface area contributed by atoms with Crippen LogP contribution in [0.1, 0.15) is 29.5 Å². The molecular weight excluding hydrogens is 632 g/mol. The van der Waals surface area contributed by atoms with Crippen molar-refractivity contribution in [3.05, 3.63) is 120 Å². The van der Waals surface area contributed by atoms with Crippen LogP contribution in [0.5, 0.6) is 0 Å². The molecule has 0 bridgehead atoms. The van der Waals surface area contributed by atoms with E-state index in [1.807, 2.05) is 97.1 Å². The van der Waals surface area contributed by atoms with Gasteiger partial charge in [-0.15, -0.1) is 0 Å². The number of primary amides is 1. The first kappa shape index (κ1) is 35.1. The van der Waals surface area contributed by atoms with E-state index in [0.29, 0.717) is 13.0 Å². The number of guanidine groups is 1. The van der Waals surface area contributed by atoms with Crippen LogP contribution >= 0.6 is 0 Å². The molecular formula is C38H42N8O4. The van der Waals surface area contributed by atoms with E-state index < -0.39 is 35.8 Å². The quantitative estimate of drug-likeness (QED) is 0.0448. The number of para-hydroxylation sites is 1. The van der Waals surface area contributed by atoms with E-state index in [9.17, 15) is 19.2 Å². The number of aromatic amines is 1. The molecule has 4 amide bonds. The van der Waals surface area contributed by atoms with Gasteiger partial charge in [0.25, 0.3) is 0 Å². The minimum absolute atomic E-state index is 0.0376. The summed E-state index contributed by atoms with van der Waals surface area (Å²) in [6.45, 7) is 0.303. The van der Waals surface area contributed by atoms with Crippen molar-refractivity contribution in [3.8, 4) is 0 Å². The Morgan fingerprint density at radius 3 is 2.10 bits per heavy atom. The number of nitrogens with two attached hydrogens (primary N) is 2. The average Bonchev–Trinajstić information content (AvgIpc) is 3.52. The molecule has 0 saturated heterocycles. The summed E-state index contributed by atoms with van der Waals surface area (Å²) in [5, 5.41) is 21.5. The summed E-state index contributed by atoms with van der Waals surface area (Å²) >= 11 is 0. The molecule has 3 atom stereocenters. The monoisotopic (exact) mass is 674 g/mol. The van der Waals surface area contributed by atoms with E-state index in [1.165, 1.54) is 0 Å². The maximum atomic E-state index is 14.0. The zero-order valence-corrected chi connectivity index (χ0v) is 27.6. The maximum Gasteiger partial charge on any atom is 0.243 e. The predicted molar refractivity (Wildman–Crippen MR) is 194 cm³/mol. The summed E-state index contributed by atoms with van der Waals surface area (Å²) in [5.74, 6) is -2.45. The number of rotatable bonds is 16. The largest absolute Gasteiger partial charge is 0.370 e. The molecule has 0 fully saturated rings. The van der Waals surface area contributed by atoms with E-state index in [4.69, 9.17) is 16.9 Å².